The highest BCUT2D eigenvalue weighted by atomic mass is 79.9. The van der Waals surface area contributed by atoms with E-state index in [9.17, 15) is 0 Å². The zero-order valence-electron chi connectivity index (χ0n) is 9.81. The molecule has 3 rings (SSSR count). The lowest BCUT2D eigenvalue weighted by Gasteiger charge is -2.15. The molecule has 5 heteroatoms. The highest BCUT2D eigenvalue weighted by Gasteiger charge is 2.32. The number of fused-ring (bicyclic) bond motifs is 1. The van der Waals surface area contributed by atoms with E-state index in [-0.39, 0.29) is 5.41 Å². The van der Waals surface area contributed by atoms with Gasteiger partial charge in [0.05, 0.1) is 0 Å². The Hall–Kier alpha value is -1.23. The van der Waals surface area contributed by atoms with Gasteiger partial charge in [0.1, 0.15) is 16.1 Å². The topological polar surface area (TPSA) is 43.6 Å². The van der Waals surface area contributed by atoms with Crippen molar-refractivity contribution >= 4 is 15.9 Å². The number of aromatic nitrogens is 4. The Labute approximate surface area is 108 Å². The van der Waals surface area contributed by atoms with Gasteiger partial charge in [-0.15, -0.1) is 10.2 Å². The van der Waals surface area contributed by atoms with Crippen LogP contribution in [-0.2, 0) is 13.0 Å². The van der Waals surface area contributed by atoms with E-state index in [2.05, 4.69) is 49.5 Å². The van der Waals surface area contributed by atoms with Crippen molar-refractivity contribution in [3.63, 3.8) is 0 Å². The van der Waals surface area contributed by atoms with Crippen LogP contribution in [0.5, 0.6) is 0 Å². The average Bonchev–Trinajstić information content (AvgIpc) is 2.72. The van der Waals surface area contributed by atoms with E-state index in [1.807, 2.05) is 18.2 Å². The molecule has 0 fully saturated rings. The SMILES string of the molecule is CC1(C)Cc2nnc(-c3cccc(Br)n3)n2C1. The predicted octanol–water partition coefficient (Wildman–Crippen LogP) is 2.68. The van der Waals surface area contributed by atoms with Crippen LogP contribution < -0.4 is 0 Å². The summed E-state index contributed by atoms with van der Waals surface area (Å²) in [6.07, 6.45) is 0.980. The molecular weight excluding hydrogens is 280 g/mol. The van der Waals surface area contributed by atoms with E-state index < -0.39 is 0 Å². The quantitative estimate of drug-likeness (QED) is 0.759. The lowest BCUT2D eigenvalue weighted by Crippen LogP contribution is -2.13. The molecule has 0 aromatic carbocycles. The van der Waals surface area contributed by atoms with E-state index in [0.29, 0.717) is 0 Å². The minimum absolute atomic E-state index is 0.270. The van der Waals surface area contributed by atoms with Gasteiger partial charge in [0, 0.05) is 13.0 Å². The molecule has 1 aliphatic rings. The summed E-state index contributed by atoms with van der Waals surface area (Å²) in [5.74, 6) is 1.93. The number of hydrogen-bond donors (Lipinski definition) is 0. The van der Waals surface area contributed by atoms with Gasteiger partial charge in [-0.25, -0.2) is 4.98 Å². The summed E-state index contributed by atoms with van der Waals surface area (Å²) in [6.45, 7) is 5.46. The predicted molar refractivity (Wildman–Crippen MR) is 68.4 cm³/mol. The van der Waals surface area contributed by atoms with Crippen LogP contribution in [0.4, 0.5) is 0 Å². The zero-order chi connectivity index (χ0) is 12.0. The fraction of sp³-hybridized carbons (Fsp3) is 0.417. The number of halogens is 1. The second-order valence-corrected chi connectivity index (χ2v) is 6.02. The molecule has 2 aromatic rings. The Morgan fingerprint density at radius 1 is 1.29 bits per heavy atom. The minimum Gasteiger partial charge on any atom is -0.309 e. The van der Waals surface area contributed by atoms with Crippen LogP contribution in [0, 0.1) is 5.41 Å². The molecular formula is C12H13BrN4. The first kappa shape index (κ1) is 10.9. The largest absolute Gasteiger partial charge is 0.309 e. The first-order valence-corrected chi connectivity index (χ1v) is 6.39. The Morgan fingerprint density at radius 2 is 2.12 bits per heavy atom. The third-order valence-electron chi connectivity index (χ3n) is 2.99. The summed E-state index contributed by atoms with van der Waals surface area (Å²) in [5, 5.41) is 8.50. The smallest absolute Gasteiger partial charge is 0.182 e. The number of rotatable bonds is 1. The lowest BCUT2D eigenvalue weighted by molar-refractivity contribution is 0.357. The van der Waals surface area contributed by atoms with Crippen molar-refractivity contribution in [3.05, 3.63) is 28.6 Å². The molecule has 1 aliphatic heterocycles. The van der Waals surface area contributed by atoms with Gasteiger partial charge in [0.15, 0.2) is 5.82 Å². The molecule has 0 N–H and O–H groups in total. The Kier molecular flexibility index (Phi) is 2.33. The monoisotopic (exact) mass is 292 g/mol. The molecule has 0 unspecified atom stereocenters. The number of pyridine rings is 1. The summed E-state index contributed by atoms with van der Waals surface area (Å²) >= 11 is 3.38. The van der Waals surface area contributed by atoms with Gasteiger partial charge in [-0.2, -0.15) is 0 Å². The fourth-order valence-electron chi connectivity index (χ4n) is 2.27. The highest BCUT2D eigenvalue weighted by molar-refractivity contribution is 9.10. The van der Waals surface area contributed by atoms with E-state index in [1.54, 1.807) is 0 Å². The van der Waals surface area contributed by atoms with Crippen LogP contribution in [0.3, 0.4) is 0 Å². The number of hydrogen-bond acceptors (Lipinski definition) is 3. The summed E-state index contributed by atoms with van der Waals surface area (Å²) in [4.78, 5) is 4.43. The second-order valence-electron chi connectivity index (χ2n) is 5.21. The minimum atomic E-state index is 0.270. The van der Waals surface area contributed by atoms with Gasteiger partial charge in [0.25, 0.3) is 0 Å². The second kappa shape index (κ2) is 3.63. The Balaban J connectivity index is 2.07. The van der Waals surface area contributed by atoms with Crippen LogP contribution in [-0.4, -0.2) is 19.7 Å². The van der Waals surface area contributed by atoms with Crippen molar-refractivity contribution in [2.24, 2.45) is 5.41 Å². The van der Waals surface area contributed by atoms with Crippen LogP contribution in [0.2, 0.25) is 0 Å². The summed E-state index contributed by atoms with van der Waals surface area (Å²) in [7, 11) is 0. The molecule has 0 atom stereocenters. The van der Waals surface area contributed by atoms with Crippen molar-refractivity contribution in [1.82, 2.24) is 19.7 Å². The van der Waals surface area contributed by atoms with Crippen molar-refractivity contribution in [3.8, 4) is 11.5 Å². The fourth-order valence-corrected chi connectivity index (χ4v) is 2.61. The maximum absolute atomic E-state index is 4.43. The summed E-state index contributed by atoms with van der Waals surface area (Å²) in [5.41, 5.74) is 1.14. The van der Waals surface area contributed by atoms with Gasteiger partial charge in [-0.1, -0.05) is 19.9 Å². The molecule has 88 valence electrons. The summed E-state index contributed by atoms with van der Waals surface area (Å²) in [6, 6.07) is 5.84. The lowest BCUT2D eigenvalue weighted by atomic mass is 9.92. The molecule has 0 saturated carbocycles. The zero-order valence-corrected chi connectivity index (χ0v) is 11.4. The maximum atomic E-state index is 4.43. The van der Waals surface area contributed by atoms with Gasteiger partial charge >= 0.3 is 0 Å². The molecule has 0 bridgehead atoms. The first-order valence-electron chi connectivity index (χ1n) is 5.60. The van der Waals surface area contributed by atoms with Gasteiger partial charge in [-0.05, 0) is 33.5 Å². The molecule has 17 heavy (non-hydrogen) atoms. The highest BCUT2D eigenvalue weighted by Crippen LogP contribution is 2.33. The van der Waals surface area contributed by atoms with Crippen molar-refractivity contribution in [2.75, 3.05) is 0 Å². The Bertz CT molecular complexity index is 574. The molecule has 0 radical (unpaired) electrons. The van der Waals surface area contributed by atoms with Crippen molar-refractivity contribution < 1.29 is 0 Å². The third-order valence-corrected chi connectivity index (χ3v) is 3.44. The standard InChI is InChI=1S/C12H13BrN4/c1-12(2)6-10-15-16-11(17(10)7-12)8-4-3-5-9(13)14-8/h3-5H,6-7H2,1-2H3. The average molecular weight is 293 g/mol. The van der Waals surface area contributed by atoms with Crippen LogP contribution in [0.15, 0.2) is 22.8 Å². The van der Waals surface area contributed by atoms with Crippen molar-refractivity contribution in [2.45, 2.75) is 26.8 Å². The van der Waals surface area contributed by atoms with Gasteiger partial charge < -0.3 is 4.57 Å². The molecule has 4 nitrogen and oxygen atoms in total. The van der Waals surface area contributed by atoms with E-state index >= 15 is 0 Å². The molecule has 0 spiro atoms. The van der Waals surface area contributed by atoms with E-state index in [4.69, 9.17) is 0 Å². The van der Waals surface area contributed by atoms with Gasteiger partial charge in [-0.3, -0.25) is 0 Å². The Morgan fingerprint density at radius 3 is 2.88 bits per heavy atom. The molecule has 2 aromatic heterocycles. The molecule has 0 aliphatic carbocycles. The maximum Gasteiger partial charge on any atom is 0.182 e. The third kappa shape index (κ3) is 1.88. The normalized spacial score (nSPS) is 17.1. The molecule has 0 amide bonds. The van der Waals surface area contributed by atoms with Crippen LogP contribution in [0.25, 0.3) is 11.5 Å². The van der Waals surface area contributed by atoms with Gasteiger partial charge in [0.2, 0.25) is 0 Å². The summed E-state index contributed by atoms with van der Waals surface area (Å²) < 4.78 is 3.00. The number of nitrogens with zero attached hydrogens (tertiary/aromatic N) is 4. The van der Waals surface area contributed by atoms with Crippen molar-refractivity contribution in [1.29, 1.82) is 0 Å². The van der Waals surface area contributed by atoms with Crippen LogP contribution >= 0.6 is 15.9 Å². The van der Waals surface area contributed by atoms with Crippen LogP contribution in [0.1, 0.15) is 19.7 Å². The van der Waals surface area contributed by atoms with E-state index in [1.165, 1.54) is 0 Å². The first-order chi connectivity index (χ1) is 8.05. The molecule has 0 saturated heterocycles. The molecule has 3 heterocycles. The van der Waals surface area contributed by atoms with E-state index in [0.717, 1.165) is 34.9 Å².